The Bertz CT molecular complexity index is 562. The Balaban J connectivity index is 2.29. The highest BCUT2D eigenvalue weighted by molar-refractivity contribution is 5.86. The number of carbonyl (C=O) groups is 1. The second kappa shape index (κ2) is 5.08. The summed E-state index contributed by atoms with van der Waals surface area (Å²) in [5.74, 6) is -1.00. The number of anilines is 1. The number of aromatic nitrogens is 2. The van der Waals surface area contributed by atoms with E-state index < -0.39 is 5.97 Å². The van der Waals surface area contributed by atoms with Gasteiger partial charge in [0.15, 0.2) is 5.69 Å². The summed E-state index contributed by atoms with van der Waals surface area (Å²) in [5.41, 5.74) is 1.79. The van der Waals surface area contributed by atoms with Crippen LogP contribution in [0.1, 0.15) is 30.3 Å². The molecule has 0 amide bonds. The molecule has 1 N–H and O–H groups in total. The molecule has 2 aromatic heterocycles. The number of fused-ring (bicyclic) bond motifs is 1. The Morgan fingerprint density at radius 1 is 1.44 bits per heavy atom. The molecule has 0 bridgehead atoms. The maximum absolute atomic E-state index is 10.8. The van der Waals surface area contributed by atoms with Crippen LogP contribution >= 0.6 is 0 Å². The third-order valence-corrected chi connectivity index (χ3v) is 2.94. The third kappa shape index (κ3) is 2.45. The molecule has 2 heterocycles. The molecule has 0 aromatic carbocycles. The van der Waals surface area contributed by atoms with Gasteiger partial charge in [-0.25, -0.2) is 9.78 Å². The van der Waals surface area contributed by atoms with Crippen molar-refractivity contribution in [2.24, 2.45) is 0 Å². The highest BCUT2D eigenvalue weighted by Crippen LogP contribution is 2.15. The Kier molecular flexibility index (Phi) is 3.50. The molecule has 18 heavy (non-hydrogen) atoms. The van der Waals surface area contributed by atoms with Crippen LogP contribution in [-0.4, -0.2) is 34.1 Å². The third-order valence-electron chi connectivity index (χ3n) is 2.94. The van der Waals surface area contributed by atoms with Crippen LogP contribution < -0.4 is 4.90 Å². The first kappa shape index (κ1) is 12.4. The van der Waals surface area contributed by atoms with E-state index in [1.807, 2.05) is 25.4 Å². The lowest BCUT2D eigenvalue weighted by Gasteiger charge is -2.18. The molecule has 0 aliphatic carbocycles. The largest absolute Gasteiger partial charge is 0.476 e. The molecule has 0 spiro atoms. The zero-order valence-corrected chi connectivity index (χ0v) is 10.6. The van der Waals surface area contributed by atoms with Gasteiger partial charge in [0.05, 0.1) is 5.69 Å². The van der Waals surface area contributed by atoms with Crippen molar-refractivity contribution in [1.82, 2.24) is 9.38 Å². The number of hydrogen-bond donors (Lipinski definition) is 1. The number of carboxylic acids is 1. The summed E-state index contributed by atoms with van der Waals surface area (Å²) in [4.78, 5) is 17.0. The van der Waals surface area contributed by atoms with Gasteiger partial charge >= 0.3 is 5.97 Å². The summed E-state index contributed by atoms with van der Waals surface area (Å²) in [6, 6.07) is 3.80. The SMILES string of the molecule is CCCCN(C)c1ccc2nc(C(=O)O)cn2c1. The van der Waals surface area contributed by atoms with Crippen LogP contribution in [0.25, 0.3) is 5.65 Å². The molecule has 0 saturated heterocycles. The molecule has 0 unspecified atom stereocenters. The van der Waals surface area contributed by atoms with E-state index in [0.717, 1.165) is 25.1 Å². The highest BCUT2D eigenvalue weighted by Gasteiger charge is 2.09. The van der Waals surface area contributed by atoms with Gasteiger partial charge in [-0.1, -0.05) is 13.3 Å². The second-order valence-corrected chi connectivity index (χ2v) is 4.36. The standard InChI is InChI=1S/C13H17N3O2/c1-3-4-7-15(2)10-5-6-12-14-11(13(17)18)9-16(12)8-10/h5-6,8-9H,3-4,7H2,1-2H3,(H,17,18). The summed E-state index contributed by atoms with van der Waals surface area (Å²) in [5, 5.41) is 8.89. The summed E-state index contributed by atoms with van der Waals surface area (Å²) >= 11 is 0. The number of carboxylic acid groups (broad SMARTS) is 1. The molecule has 96 valence electrons. The van der Waals surface area contributed by atoms with Crippen molar-refractivity contribution in [2.75, 3.05) is 18.5 Å². The number of pyridine rings is 1. The lowest BCUT2D eigenvalue weighted by Crippen LogP contribution is -2.18. The van der Waals surface area contributed by atoms with Crippen molar-refractivity contribution in [3.05, 3.63) is 30.2 Å². The zero-order chi connectivity index (χ0) is 13.1. The fourth-order valence-electron chi connectivity index (χ4n) is 1.83. The topological polar surface area (TPSA) is 57.8 Å². The Morgan fingerprint density at radius 3 is 2.89 bits per heavy atom. The van der Waals surface area contributed by atoms with Crippen LogP contribution in [0, 0.1) is 0 Å². The first-order valence-electron chi connectivity index (χ1n) is 6.05. The molecule has 0 radical (unpaired) electrons. The van der Waals surface area contributed by atoms with Crippen molar-refractivity contribution >= 4 is 17.3 Å². The van der Waals surface area contributed by atoms with Gasteiger partial charge in [0.1, 0.15) is 5.65 Å². The van der Waals surface area contributed by atoms with E-state index in [9.17, 15) is 4.79 Å². The second-order valence-electron chi connectivity index (χ2n) is 4.36. The fourth-order valence-corrected chi connectivity index (χ4v) is 1.83. The predicted molar refractivity (Wildman–Crippen MR) is 70.3 cm³/mol. The number of aromatic carboxylic acids is 1. The monoisotopic (exact) mass is 247 g/mol. The normalized spacial score (nSPS) is 10.8. The Morgan fingerprint density at radius 2 is 2.22 bits per heavy atom. The summed E-state index contributed by atoms with van der Waals surface area (Å²) in [6.45, 7) is 3.15. The van der Waals surface area contributed by atoms with Gasteiger partial charge < -0.3 is 14.4 Å². The van der Waals surface area contributed by atoms with Gasteiger partial charge in [0.25, 0.3) is 0 Å². The average Bonchev–Trinajstić information content (AvgIpc) is 2.78. The first-order valence-corrected chi connectivity index (χ1v) is 6.05. The maximum atomic E-state index is 10.8. The van der Waals surface area contributed by atoms with Crippen molar-refractivity contribution in [1.29, 1.82) is 0 Å². The Labute approximate surface area is 106 Å². The molecule has 0 saturated carbocycles. The van der Waals surface area contributed by atoms with Gasteiger partial charge in [-0.2, -0.15) is 0 Å². The van der Waals surface area contributed by atoms with Crippen molar-refractivity contribution in [2.45, 2.75) is 19.8 Å². The molecule has 0 atom stereocenters. The van der Waals surface area contributed by atoms with E-state index in [1.54, 1.807) is 4.40 Å². The highest BCUT2D eigenvalue weighted by atomic mass is 16.4. The number of rotatable bonds is 5. The zero-order valence-electron chi connectivity index (χ0n) is 10.6. The number of imidazole rings is 1. The van der Waals surface area contributed by atoms with Gasteiger partial charge in [0.2, 0.25) is 0 Å². The van der Waals surface area contributed by atoms with E-state index in [-0.39, 0.29) is 5.69 Å². The minimum atomic E-state index is -1.00. The van der Waals surface area contributed by atoms with Crippen LogP contribution in [0.5, 0.6) is 0 Å². The summed E-state index contributed by atoms with van der Waals surface area (Å²) in [6.07, 6.45) is 5.74. The lowest BCUT2D eigenvalue weighted by molar-refractivity contribution is 0.0691. The molecule has 2 aromatic rings. The van der Waals surface area contributed by atoms with Crippen LogP contribution in [0.15, 0.2) is 24.5 Å². The number of nitrogens with zero attached hydrogens (tertiary/aromatic N) is 3. The fraction of sp³-hybridized carbons (Fsp3) is 0.385. The smallest absolute Gasteiger partial charge is 0.356 e. The van der Waals surface area contributed by atoms with Crippen molar-refractivity contribution in [3.8, 4) is 0 Å². The molecule has 5 nitrogen and oxygen atoms in total. The Hall–Kier alpha value is -2.04. The number of unbranched alkanes of at least 4 members (excludes halogenated alkanes) is 1. The van der Waals surface area contributed by atoms with Gasteiger partial charge in [-0.15, -0.1) is 0 Å². The molecule has 0 aliphatic rings. The van der Waals surface area contributed by atoms with Gasteiger partial charge in [-0.3, -0.25) is 0 Å². The predicted octanol–water partition coefficient (Wildman–Crippen LogP) is 2.27. The minimum Gasteiger partial charge on any atom is -0.476 e. The average molecular weight is 247 g/mol. The number of hydrogen-bond acceptors (Lipinski definition) is 3. The molecular formula is C13H17N3O2. The van der Waals surface area contributed by atoms with E-state index in [4.69, 9.17) is 5.11 Å². The van der Waals surface area contributed by atoms with Crippen LogP contribution in [-0.2, 0) is 0 Å². The molecule has 0 fully saturated rings. The van der Waals surface area contributed by atoms with E-state index in [2.05, 4.69) is 16.8 Å². The van der Waals surface area contributed by atoms with Crippen molar-refractivity contribution < 1.29 is 9.90 Å². The molecule has 5 heteroatoms. The van der Waals surface area contributed by atoms with Gasteiger partial charge in [-0.05, 0) is 18.6 Å². The van der Waals surface area contributed by atoms with E-state index in [0.29, 0.717) is 5.65 Å². The molecule has 0 aliphatic heterocycles. The van der Waals surface area contributed by atoms with Crippen LogP contribution in [0.4, 0.5) is 5.69 Å². The molecular weight excluding hydrogens is 230 g/mol. The minimum absolute atomic E-state index is 0.0726. The van der Waals surface area contributed by atoms with E-state index >= 15 is 0 Å². The quantitative estimate of drug-likeness (QED) is 0.880. The summed E-state index contributed by atoms with van der Waals surface area (Å²) in [7, 11) is 2.03. The van der Waals surface area contributed by atoms with Crippen LogP contribution in [0.3, 0.4) is 0 Å². The maximum Gasteiger partial charge on any atom is 0.356 e. The van der Waals surface area contributed by atoms with Crippen LogP contribution in [0.2, 0.25) is 0 Å². The lowest BCUT2D eigenvalue weighted by atomic mass is 10.3. The van der Waals surface area contributed by atoms with E-state index in [1.165, 1.54) is 6.20 Å². The summed E-state index contributed by atoms with van der Waals surface area (Å²) < 4.78 is 1.75. The van der Waals surface area contributed by atoms with Crippen molar-refractivity contribution in [3.63, 3.8) is 0 Å². The molecule has 2 rings (SSSR count). The van der Waals surface area contributed by atoms with Gasteiger partial charge in [0, 0.05) is 26.0 Å². The first-order chi connectivity index (χ1) is 8.61.